The van der Waals surface area contributed by atoms with E-state index in [1.165, 1.54) is 0 Å². The first-order chi connectivity index (χ1) is 10.6. The number of ether oxygens (including phenoxy) is 1. The van der Waals surface area contributed by atoms with Crippen molar-refractivity contribution in [2.45, 2.75) is 12.5 Å². The number of aliphatic hydroxyl groups excluding tert-OH is 1. The summed E-state index contributed by atoms with van der Waals surface area (Å²) in [5.74, 6) is 0.769. The molecule has 2 aromatic rings. The van der Waals surface area contributed by atoms with Gasteiger partial charge in [-0.05, 0) is 37.2 Å². The summed E-state index contributed by atoms with van der Waals surface area (Å²) in [5, 5.41) is 10.8. The molecule has 0 saturated carbocycles. The highest BCUT2D eigenvalue weighted by Crippen LogP contribution is 2.16. The number of benzene rings is 2. The fraction of sp³-hybridized carbons (Fsp3) is 0.333. The molecule has 2 rings (SSSR count). The summed E-state index contributed by atoms with van der Waals surface area (Å²) in [6.07, 6.45) is 0.291. The maximum atomic E-state index is 10.1. The van der Waals surface area contributed by atoms with Crippen molar-refractivity contribution < 1.29 is 9.84 Å². The summed E-state index contributed by atoms with van der Waals surface area (Å²) in [6, 6.07) is 17.4. The molecule has 1 N–H and O–H groups in total. The van der Waals surface area contributed by atoms with Gasteiger partial charge in [0.25, 0.3) is 0 Å². The molecule has 0 aromatic heterocycles. The van der Waals surface area contributed by atoms with Crippen LogP contribution in [0.1, 0.15) is 5.56 Å². The standard InChI is InChI=1S/C18H22ClNO2/c1-20(10-11-22-18-9-5-8-16(19)13-18)14-17(21)12-15-6-3-2-4-7-15/h2-9,13,17,21H,10-12,14H2,1H3. The minimum atomic E-state index is -0.376. The van der Waals surface area contributed by atoms with Crippen LogP contribution in [0, 0.1) is 0 Å². The second-order valence-corrected chi connectivity index (χ2v) is 5.85. The Morgan fingerprint density at radius 1 is 1.14 bits per heavy atom. The van der Waals surface area contributed by atoms with Crippen LogP contribution >= 0.6 is 11.6 Å². The zero-order valence-electron chi connectivity index (χ0n) is 12.8. The van der Waals surface area contributed by atoms with Crippen molar-refractivity contribution in [2.75, 3.05) is 26.7 Å². The van der Waals surface area contributed by atoms with E-state index in [0.717, 1.165) is 17.9 Å². The molecular weight excluding hydrogens is 298 g/mol. The van der Waals surface area contributed by atoms with E-state index in [1.807, 2.05) is 55.6 Å². The van der Waals surface area contributed by atoms with Crippen molar-refractivity contribution in [3.05, 3.63) is 65.2 Å². The van der Waals surface area contributed by atoms with E-state index in [0.29, 0.717) is 24.6 Å². The molecule has 3 nitrogen and oxygen atoms in total. The van der Waals surface area contributed by atoms with Crippen LogP contribution in [0.25, 0.3) is 0 Å². The van der Waals surface area contributed by atoms with Crippen LogP contribution in [0.2, 0.25) is 5.02 Å². The van der Waals surface area contributed by atoms with Crippen LogP contribution in [0.15, 0.2) is 54.6 Å². The first-order valence-corrected chi connectivity index (χ1v) is 7.80. The Labute approximate surface area is 137 Å². The fourth-order valence-electron chi connectivity index (χ4n) is 2.28. The normalized spacial score (nSPS) is 12.4. The van der Waals surface area contributed by atoms with Gasteiger partial charge in [-0.3, -0.25) is 0 Å². The molecule has 0 aliphatic carbocycles. The number of rotatable bonds is 8. The van der Waals surface area contributed by atoms with Gasteiger partial charge in [0.15, 0.2) is 0 Å². The Bertz CT molecular complexity index is 562. The lowest BCUT2D eigenvalue weighted by atomic mass is 10.1. The smallest absolute Gasteiger partial charge is 0.120 e. The fourth-order valence-corrected chi connectivity index (χ4v) is 2.46. The second kappa shape index (κ2) is 8.79. The Hall–Kier alpha value is -1.55. The Balaban J connectivity index is 1.68. The van der Waals surface area contributed by atoms with Gasteiger partial charge < -0.3 is 14.7 Å². The Kier molecular flexibility index (Phi) is 6.72. The molecule has 0 fully saturated rings. The third kappa shape index (κ3) is 6.06. The predicted octanol–water partition coefficient (Wildman–Crippen LogP) is 3.25. The first kappa shape index (κ1) is 16.8. The summed E-state index contributed by atoms with van der Waals surface area (Å²) >= 11 is 5.91. The van der Waals surface area contributed by atoms with Gasteiger partial charge in [-0.1, -0.05) is 48.0 Å². The lowest BCUT2D eigenvalue weighted by Gasteiger charge is -2.20. The molecule has 0 spiro atoms. The van der Waals surface area contributed by atoms with Crippen molar-refractivity contribution in [3.63, 3.8) is 0 Å². The highest BCUT2D eigenvalue weighted by molar-refractivity contribution is 6.30. The highest BCUT2D eigenvalue weighted by Gasteiger charge is 2.09. The van der Waals surface area contributed by atoms with Crippen LogP contribution in [0.3, 0.4) is 0 Å². The van der Waals surface area contributed by atoms with Crippen LogP contribution in [-0.2, 0) is 6.42 Å². The van der Waals surface area contributed by atoms with E-state index in [-0.39, 0.29) is 6.10 Å². The van der Waals surface area contributed by atoms with Crippen LogP contribution in [-0.4, -0.2) is 42.9 Å². The van der Waals surface area contributed by atoms with Crippen molar-refractivity contribution >= 4 is 11.6 Å². The lowest BCUT2D eigenvalue weighted by molar-refractivity contribution is 0.117. The van der Waals surface area contributed by atoms with Gasteiger partial charge in [-0.2, -0.15) is 0 Å². The molecule has 0 heterocycles. The van der Waals surface area contributed by atoms with E-state index in [9.17, 15) is 5.11 Å². The maximum absolute atomic E-state index is 10.1. The van der Waals surface area contributed by atoms with Gasteiger partial charge in [0, 0.05) is 18.1 Å². The van der Waals surface area contributed by atoms with Gasteiger partial charge in [-0.25, -0.2) is 0 Å². The number of nitrogens with zero attached hydrogens (tertiary/aromatic N) is 1. The molecule has 0 amide bonds. The Morgan fingerprint density at radius 2 is 1.91 bits per heavy atom. The molecule has 0 aliphatic rings. The van der Waals surface area contributed by atoms with E-state index >= 15 is 0 Å². The van der Waals surface area contributed by atoms with Crippen LogP contribution in [0.5, 0.6) is 5.75 Å². The van der Waals surface area contributed by atoms with Crippen molar-refractivity contribution in [1.82, 2.24) is 4.90 Å². The predicted molar refractivity (Wildman–Crippen MR) is 90.6 cm³/mol. The average Bonchev–Trinajstić information content (AvgIpc) is 2.48. The SMILES string of the molecule is CN(CCOc1cccc(Cl)c1)CC(O)Cc1ccccc1. The molecule has 0 bridgehead atoms. The second-order valence-electron chi connectivity index (χ2n) is 5.41. The molecule has 1 atom stereocenters. The van der Waals surface area contributed by atoms with Crippen LogP contribution in [0.4, 0.5) is 0 Å². The molecule has 22 heavy (non-hydrogen) atoms. The lowest BCUT2D eigenvalue weighted by Crippen LogP contribution is -2.33. The quantitative estimate of drug-likeness (QED) is 0.810. The number of likely N-dealkylation sites (N-methyl/N-ethyl adjacent to an activating group) is 1. The number of halogens is 1. The minimum absolute atomic E-state index is 0.376. The number of aliphatic hydroxyl groups is 1. The molecular formula is C18H22ClNO2. The Morgan fingerprint density at radius 3 is 2.64 bits per heavy atom. The van der Waals surface area contributed by atoms with Gasteiger partial charge in [-0.15, -0.1) is 0 Å². The monoisotopic (exact) mass is 319 g/mol. The van der Waals surface area contributed by atoms with Crippen molar-refractivity contribution in [2.24, 2.45) is 0 Å². The molecule has 118 valence electrons. The minimum Gasteiger partial charge on any atom is -0.492 e. The zero-order valence-corrected chi connectivity index (χ0v) is 13.5. The summed E-state index contributed by atoms with van der Waals surface area (Å²) in [5.41, 5.74) is 1.15. The topological polar surface area (TPSA) is 32.7 Å². The molecule has 2 aromatic carbocycles. The van der Waals surface area contributed by atoms with Crippen molar-refractivity contribution in [3.8, 4) is 5.75 Å². The third-order valence-corrected chi connectivity index (χ3v) is 3.61. The molecule has 1 unspecified atom stereocenters. The summed E-state index contributed by atoms with van der Waals surface area (Å²) in [6.45, 7) is 1.93. The molecule has 4 heteroatoms. The zero-order chi connectivity index (χ0) is 15.8. The van der Waals surface area contributed by atoms with Crippen LogP contribution < -0.4 is 4.74 Å². The van der Waals surface area contributed by atoms with E-state index in [1.54, 1.807) is 6.07 Å². The molecule has 0 aliphatic heterocycles. The molecule has 0 saturated heterocycles. The summed E-state index contributed by atoms with van der Waals surface area (Å²) in [4.78, 5) is 2.07. The van der Waals surface area contributed by atoms with E-state index in [2.05, 4.69) is 4.90 Å². The summed E-state index contributed by atoms with van der Waals surface area (Å²) in [7, 11) is 1.98. The van der Waals surface area contributed by atoms with E-state index in [4.69, 9.17) is 16.3 Å². The van der Waals surface area contributed by atoms with E-state index < -0.39 is 0 Å². The van der Waals surface area contributed by atoms with Gasteiger partial charge in [0.1, 0.15) is 12.4 Å². The summed E-state index contributed by atoms with van der Waals surface area (Å²) < 4.78 is 5.65. The number of hydrogen-bond donors (Lipinski definition) is 1. The highest BCUT2D eigenvalue weighted by atomic mass is 35.5. The average molecular weight is 320 g/mol. The third-order valence-electron chi connectivity index (χ3n) is 3.37. The first-order valence-electron chi connectivity index (χ1n) is 7.42. The number of hydrogen-bond acceptors (Lipinski definition) is 3. The van der Waals surface area contributed by atoms with Gasteiger partial charge >= 0.3 is 0 Å². The van der Waals surface area contributed by atoms with Gasteiger partial charge in [0.2, 0.25) is 0 Å². The van der Waals surface area contributed by atoms with Gasteiger partial charge in [0.05, 0.1) is 6.10 Å². The molecule has 0 radical (unpaired) electrons. The maximum Gasteiger partial charge on any atom is 0.120 e. The van der Waals surface area contributed by atoms with Crippen molar-refractivity contribution in [1.29, 1.82) is 0 Å². The largest absolute Gasteiger partial charge is 0.492 e.